The van der Waals surface area contributed by atoms with Crippen molar-refractivity contribution in [3.05, 3.63) is 35.4 Å². The van der Waals surface area contributed by atoms with Crippen molar-refractivity contribution < 1.29 is 0 Å². The lowest BCUT2D eigenvalue weighted by Gasteiger charge is -2.26. The highest BCUT2D eigenvalue weighted by Crippen LogP contribution is 2.29. The minimum atomic E-state index is 0.0554. The predicted molar refractivity (Wildman–Crippen MR) is 68.5 cm³/mol. The maximum absolute atomic E-state index is 3.76. The lowest BCUT2D eigenvalue weighted by molar-refractivity contribution is 0.505. The molecular weight excluding hydrogens is 196 g/mol. The SMILES string of the molecule is CCC(C)(C)c1cccc(C(C)(C)[Si])c1. The molecule has 0 amide bonds. The van der Waals surface area contributed by atoms with Crippen LogP contribution in [0.1, 0.15) is 52.2 Å². The standard InChI is InChI=1S/C14H21Si/c1-6-13(2,3)11-8-7-9-12(10-11)14(4,5)15/h7-10H,6H2,1-5H3. The van der Waals surface area contributed by atoms with E-state index in [1.165, 1.54) is 17.5 Å². The highest BCUT2D eigenvalue weighted by atomic mass is 28.1. The number of hydrogen-bond acceptors (Lipinski definition) is 0. The van der Waals surface area contributed by atoms with Crippen LogP contribution in [0.2, 0.25) is 0 Å². The molecule has 0 saturated heterocycles. The van der Waals surface area contributed by atoms with E-state index >= 15 is 0 Å². The maximum Gasteiger partial charge on any atom is 0.0370 e. The molecule has 0 aliphatic heterocycles. The van der Waals surface area contributed by atoms with E-state index in [-0.39, 0.29) is 10.5 Å². The average Bonchev–Trinajstić information content (AvgIpc) is 2.17. The van der Waals surface area contributed by atoms with Gasteiger partial charge in [-0.2, -0.15) is 0 Å². The van der Waals surface area contributed by atoms with Gasteiger partial charge in [-0.15, -0.1) is 0 Å². The third-order valence-corrected chi connectivity index (χ3v) is 3.54. The van der Waals surface area contributed by atoms with E-state index in [9.17, 15) is 0 Å². The Morgan fingerprint density at radius 3 is 2.07 bits per heavy atom. The van der Waals surface area contributed by atoms with Crippen LogP contribution in [0.4, 0.5) is 0 Å². The molecule has 0 spiro atoms. The van der Waals surface area contributed by atoms with E-state index in [2.05, 4.69) is 69.1 Å². The molecule has 3 radical (unpaired) electrons. The van der Waals surface area contributed by atoms with Crippen LogP contribution >= 0.6 is 0 Å². The first kappa shape index (κ1) is 12.5. The van der Waals surface area contributed by atoms with E-state index in [1.54, 1.807) is 0 Å². The number of benzene rings is 1. The van der Waals surface area contributed by atoms with Crippen LogP contribution in [0.5, 0.6) is 0 Å². The lowest BCUT2D eigenvalue weighted by Crippen LogP contribution is -2.20. The van der Waals surface area contributed by atoms with E-state index in [4.69, 9.17) is 0 Å². The second kappa shape index (κ2) is 4.13. The molecule has 0 unspecified atom stereocenters. The van der Waals surface area contributed by atoms with Gasteiger partial charge in [0.25, 0.3) is 0 Å². The van der Waals surface area contributed by atoms with Gasteiger partial charge in [0.15, 0.2) is 0 Å². The summed E-state index contributed by atoms with van der Waals surface area (Å²) >= 11 is 0. The van der Waals surface area contributed by atoms with Crippen molar-refractivity contribution in [1.29, 1.82) is 0 Å². The Morgan fingerprint density at radius 2 is 1.60 bits per heavy atom. The first-order chi connectivity index (χ1) is 6.77. The summed E-state index contributed by atoms with van der Waals surface area (Å²) in [5.74, 6) is 0. The van der Waals surface area contributed by atoms with Crippen molar-refractivity contribution in [3.63, 3.8) is 0 Å². The van der Waals surface area contributed by atoms with Crippen molar-refractivity contribution in [2.75, 3.05) is 0 Å². The summed E-state index contributed by atoms with van der Waals surface area (Å²) in [7, 11) is 3.76. The summed E-state index contributed by atoms with van der Waals surface area (Å²) < 4.78 is 0. The van der Waals surface area contributed by atoms with Gasteiger partial charge in [0.2, 0.25) is 0 Å². The second-order valence-corrected chi connectivity index (χ2v) is 6.69. The topological polar surface area (TPSA) is 0 Å². The molecular formula is C14H21Si. The summed E-state index contributed by atoms with van der Waals surface area (Å²) in [6.07, 6.45) is 1.17. The molecule has 1 aromatic carbocycles. The van der Waals surface area contributed by atoms with Gasteiger partial charge in [0.05, 0.1) is 0 Å². The van der Waals surface area contributed by atoms with E-state index in [1.807, 2.05) is 0 Å². The van der Waals surface area contributed by atoms with Crippen LogP contribution in [0.15, 0.2) is 24.3 Å². The van der Waals surface area contributed by atoms with Gasteiger partial charge < -0.3 is 0 Å². The molecule has 0 aliphatic rings. The predicted octanol–water partition coefficient (Wildman–Crippen LogP) is 3.78. The van der Waals surface area contributed by atoms with Gasteiger partial charge in [-0.1, -0.05) is 58.9 Å². The summed E-state index contributed by atoms with van der Waals surface area (Å²) in [6.45, 7) is 11.2. The van der Waals surface area contributed by atoms with E-state index < -0.39 is 0 Å². The van der Waals surface area contributed by atoms with Crippen molar-refractivity contribution >= 4 is 10.2 Å². The first-order valence-electron chi connectivity index (χ1n) is 5.63. The summed E-state index contributed by atoms with van der Waals surface area (Å²) in [6, 6.07) is 8.88. The number of hydrogen-bond donors (Lipinski definition) is 0. The van der Waals surface area contributed by atoms with Gasteiger partial charge in [0, 0.05) is 10.2 Å². The molecule has 0 saturated carbocycles. The lowest BCUT2D eigenvalue weighted by atomic mass is 9.81. The summed E-state index contributed by atoms with van der Waals surface area (Å²) in [5.41, 5.74) is 3.04. The molecule has 0 N–H and O–H groups in total. The minimum Gasteiger partial charge on any atom is -0.0646 e. The monoisotopic (exact) mass is 217 g/mol. The van der Waals surface area contributed by atoms with Gasteiger partial charge >= 0.3 is 0 Å². The van der Waals surface area contributed by atoms with Gasteiger partial charge in [-0.25, -0.2) is 0 Å². The Bertz CT molecular complexity index is 331. The molecule has 0 heterocycles. The van der Waals surface area contributed by atoms with Gasteiger partial charge in [-0.05, 0) is 28.0 Å². The van der Waals surface area contributed by atoms with Crippen LogP contribution in [0.3, 0.4) is 0 Å². The Hall–Kier alpha value is -0.563. The molecule has 0 aromatic heterocycles. The van der Waals surface area contributed by atoms with E-state index in [0.29, 0.717) is 0 Å². The normalized spacial score (nSPS) is 12.9. The van der Waals surface area contributed by atoms with Crippen molar-refractivity contribution in [2.45, 2.75) is 51.5 Å². The maximum atomic E-state index is 3.76. The Morgan fingerprint density at radius 1 is 1.07 bits per heavy atom. The molecule has 1 aromatic rings. The highest BCUT2D eigenvalue weighted by Gasteiger charge is 2.20. The molecule has 0 nitrogen and oxygen atoms in total. The molecule has 0 atom stereocenters. The second-order valence-electron chi connectivity index (χ2n) is 5.44. The zero-order chi connectivity index (χ0) is 11.7. The largest absolute Gasteiger partial charge is 0.0646 e. The molecule has 0 fully saturated rings. The zero-order valence-corrected chi connectivity index (χ0v) is 11.5. The minimum absolute atomic E-state index is 0.0554. The van der Waals surface area contributed by atoms with Crippen LogP contribution in [-0.4, -0.2) is 10.2 Å². The molecule has 81 valence electrons. The zero-order valence-electron chi connectivity index (χ0n) is 10.5. The molecule has 1 heteroatoms. The number of rotatable bonds is 3. The Balaban J connectivity index is 3.14. The smallest absolute Gasteiger partial charge is 0.0370 e. The summed E-state index contributed by atoms with van der Waals surface area (Å²) in [4.78, 5) is 0. The quantitative estimate of drug-likeness (QED) is 0.676. The fraction of sp³-hybridized carbons (Fsp3) is 0.571. The fourth-order valence-electron chi connectivity index (χ4n) is 1.53. The van der Waals surface area contributed by atoms with Crippen molar-refractivity contribution in [1.82, 2.24) is 0 Å². The third kappa shape index (κ3) is 2.94. The van der Waals surface area contributed by atoms with Crippen LogP contribution in [0, 0.1) is 0 Å². The van der Waals surface area contributed by atoms with Crippen molar-refractivity contribution in [2.24, 2.45) is 0 Å². The van der Waals surface area contributed by atoms with Crippen LogP contribution < -0.4 is 0 Å². The third-order valence-electron chi connectivity index (χ3n) is 3.25. The fourth-order valence-corrected chi connectivity index (χ4v) is 1.69. The molecule has 0 aliphatic carbocycles. The van der Waals surface area contributed by atoms with E-state index in [0.717, 1.165) is 0 Å². The first-order valence-corrected chi connectivity index (χ1v) is 6.13. The van der Waals surface area contributed by atoms with Crippen LogP contribution in [-0.2, 0) is 10.5 Å². The Labute approximate surface area is 97.5 Å². The Kier molecular flexibility index (Phi) is 3.44. The molecule has 15 heavy (non-hydrogen) atoms. The van der Waals surface area contributed by atoms with Gasteiger partial charge in [0.1, 0.15) is 0 Å². The molecule has 1 rings (SSSR count). The average molecular weight is 217 g/mol. The highest BCUT2D eigenvalue weighted by molar-refractivity contribution is 6.15. The van der Waals surface area contributed by atoms with Crippen molar-refractivity contribution in [3.8, 4) is 0 Å². The molecule has 0 bridgehead atoms. The summed E-state index contributed by atoms with van der Waals surface area (Å²) in [5, 5.41) is 0.0554. The van der Waals surface area contributed by atoms with Gasteiger partial charge in [-0.3, -0.25) is 0 Å². The van der Waals surface area contributed by atoms with Crippen LogP contribution in [0.25, 0.3) is 0 Å².